The molecule has 0 saturated carbocycles. The molecule has 1 fully saturated rings. The molecule has 0 amide bonds. The van der Waals surface area contributed by atoms with Crippen molar-refractivity contribution in [1.29, 1.82) is 0 Å². The van der Waals surface area contributed by atoms with Crippen molar-refractivity contribution in [3.8, 4) is 5.75 Å². The van der Waals surface area contributed by atoms with Gasteiger partial charge in [-0.1, -0.05) is 39.7 Å². The summed E-state index contributed by atoms with van der Waals surface area (Å²) < 4.78 is 34.2. The lowest BCUT2D eigenvalue weighted by molar-refractivity contribution is 0.103. The maximum absolute atomic E-state index is 12.9. The van der Waals surface area contributed by atoms with Crippen molar-refractivity contribution < 1.29 is 13.2 Å². The van der Waals surface area contributed by atoms with Crippen molar-refractivity contribution in [3.63, 3.8) is 0 Å². The van der Waals surface area contributed by atoms with Crippen LogP contribution in [0.5, 0.6) is 5.75 Å². The van der Waals surface area contributed by atoms with Crippen LogP contribution < -0.4 is 4.74 Å². The number of benzene rings is 2. The van der Waals surface area contributed by atoms with Gasteiger partial charge in [0.15, 0.2) is 0 Å². The molecule has 2 heterocycles. The van der Waals surface area contributed by atoms with Crippen LogP contribution in [0.2, 0.25) is 0 Å². The zero-order chi connectivity index (χ0) is 19.0. The van der Waals surface area contributed by atoms with Crippen LogP contribution in [0, 0.1) is 6.92 Å². The fraction of sp³-hybridized carbons (Fsp3) is 0.400. The van der Waals surface area contributed by atoms with Gasteiger partial charge in [-0.3, -0.25) is 4.90 Å². The van der Waals surface area contributed by atoms with Crippen molar-refractivity contribution in [1.82, 2.24) is 9.21 Å². The van der Waals surface area contributed by atoms with E-state index in [1.54, 1.807) is 16.4 Å². The molecule has 2 aliphatic rings. The van der Waals surface area contributed by atoms with E-state index in [4.69, 9.17) is 4.74 Å². The quantitative estimate of drug-likeness (QED) is 0.716. The number of halogens is 1. The number of sulfonamides is 1. The van der Waals surface area contributed by atoms with Gasteiger partial charge in [-0.25, -0.2) is 8.42 Å². The van der Waals surface area contributed by atoms with Gasteiger partial charge in [0.2, 0.25) is 10.0 Å². The summed E-state index contributed by atoms with van der Waals surface area (Å²) in [5, 5.41) is 0. The molecule has 0 aromatic heterocycles. The van der Waals surface area contributed by atoms with Crippen molar-refractivity contribution in [2.75, 3.05) is 32.8 Å². The Hall–Kier alpha value is -1.41. The van der Waals surface area contributed by atoms with E-state index in [1.165, 1.54) is 5.56 Å². The minimum absolute atomic E-state index is 0.283. The Kier molecular flexibility index (Phi) is 5.29. The number of hydrogen-bond donors (Lipinski definition) is 0. The van der Waals surface area contributed by atoms with Crippen LogP contribution in [0.4, 0.5) is 0 Å². The molecule has 0 aliphatic carbocycles. The van der Waals surface area contributed by atoms with Crippen LogP contribution in [0.3, 0.4) is 0 Å². The van der Waals surface area contributed by atoms with Gasteiger partial charge in [0.25, 0.3) is 0 Å². The molecule has 144 valence electrons. The third-order valence-electron chi connectivity index (χ3n) is 5.36. The summed E-state index contributed by atoms with van der Waals surface area (Å²) in [7, 11) is -3.42. The molecule has 27 heavy (non-hydrogen) atoms. The molecule has 2 aromatic rings. The van der Waals surface area contributed by atoms with Crippen molar-refractivity contribution in [2.45, 2.75) is 24.3 Å². The standard InChI is InChI=1S/C20H23BrN2O3S/c1-15-2-5-17(6-3-15)27(24,25)23-11-9-22(10-12-23)19-8-13-26-20-14-16(21)4-7-18(19)20/h2-7,14,19H,8-13H2,1H3. The summed E-state index contributed by atoms with van der Waals surface area (Å²) >= 11 is 3.50. The van der Waals surface area contributed by atoms with Crippen molar-refractivity contribution >= 4 is 26.0 Å². The first-order valence-electron chi connectivity index (χ1n) is 9.18. The number of nitrogens with zero attached hydrogens (tertiary/aromatic N) is 2. The van der Waals surface area contributed by atoms with E-state index >= 15 is 0 Å². The van der Waals surface area contributed by atoms with Gasteiger partial charge in [-0.15, -0.1) is 0 Å². The molecule has 5 nitrogen and oxygen atoms in total. The van der Waals surface area contributed by atoms with Gasteiger partial charge in [-0.05, 0) is 31.2 Å². The predicted octanol–water partition coefficient (Wildman–Crippen LogP) is 3.59. The predicted molar refractivity (Wildman–Crippen MR) is 109 cm³/mol. The van der Waals surface area contributed by atoms with Gasteiger partial charge < -0.3 is 4.74 Å². The molecule has 4 rings (SSSR count). The minimum Gasteiger partial charge on any atom is -0.493 e. The molecular weight excluding hydrogens is 428 g/mol. The molecule has 1 atom stereocenters. The Bertz CT molecular complexity index is 923. The molecule has 2 aliphatic heterocycles. The Balaban J connectivity index is 1.48. The summed E-state index contributed by atoms with van der Waals surface area (Å²) in [4.78, 5) is 2.76. The average molecular weight is 451 g/mol. The first-order chi connectivity index (χ1) is 12.9. The highest BCUT2D eigenvalue weighted by atomic mass is 79.9. The number of hydrogen-bond acceptors (Lipinski definition) is 4. The van der Waals surface area contributed by atoms with Gasteiger partial charge in [0.1, 0.15) is 5.75 Å². The fourth-order valence-electron chi connectivity index (χ4n) is 3.84. The van der Waals surface area contributed by atoms with E-state index in [-0.39, 0.29) is 6.04 Å². The Morgan fingerprint density at radius 1 is 1.04 bits per heavy atom. The van der Waals surface area contributed by atoms with E-state index in [1.807, 2.05) is 31.2 Å². The van der Waals surface area contributed by atoms with Gasteiger partial charge in [-0.2, -0.15) is 4.31 Å². The van der Waals surface area contributed by atoms with Crippen LogP contribution in [-0.2, 0) is 10.0 Å². The Morgan fingerprint density at radius 3 is 2.44 bits per heavy atom. The SMILES string of the molecule is Cc1ccc(S(=O)(=O)N2CCN(C3CCOc4cc(Br)ccc43)CC2)cc1. The highest BCUT2D eigenvalue weighted by Crippen LogP contribution is 2.38. The second-order valence-corrected chi connectivity index (χ2v) is 9.94. The summed E-state index contributed by atoms with van der Waals surface area (Å²) in [6, 6.07) is 13.5. The third-order valence-corrected chi connectivity index (χ3v) is 7.76. The monoisotopic (exact) mass is 450 g/mol. The molecule has 2 aromatic carbocycles. The second-order valence-electron chi connectivity index (χ2n) is 7.09. The van der Waals surface area contributed by atoms with Crippen LogP contribution in [0.25, 0.3) is 0 Å². The van der Waals surface area contributed by atoms with E-state index in [9.17, 15) is 8.42 Å². The lowest BCUT2D eigenvalue weighted by atomic mass is 9.98. The smallest absolute Gasteiger partial charge is 0.243 e. The zero-order valence-corrected chi connectivity index (χ0v) is 17.7. The lowest BCUT2D eigenvalue weighted by Crippen LogP contribution is -2.50. The average Bonchev–Trinajstić information content (AvgIpc) is 2.68. The minimum atomic E-state index is -3.42. The normalized spacial score (nSPS) is 21.5. The summed E-state index contributed by atoms with van der Waals surface area (Å²) in [5.41, 5.74) is 2.25. The van der Waals surface area contributed by atoms with Crippen LogP contribution >= 0.6 is 15.9 Å². The molecule has 0 radical (unpaired) electrons. The van der Waals surface area contributed by atoms with Crippen molar-refractivity contribution in [3.05, 3.63) is 58.1 Å². The Labute approximate surface area is 169 Å². The molecule has 0 bridgehead atoms. The molecule has 7 heteroatoms. The fourth-order valence-corrected chi connectivity index (χ4v) is 5.60. The highest BCUT2D eigenvalue weighted by Gasteiger charge is 2.33. The van der Waals surface area contributed by atoms with Crippen LogP contribution in [0.15, 0.2) is 51.8 Å². The molecule has 1 unspecified atom stereocenters. The van der Waals surface area contributed by atoms with Crippen LogP contribution in [0.1, 0.15) is 23.6 Å². The van der Waals surface area contributed by atoms with Crippen LogP contribution in [-0.4, -0.2) is 50.4 Å². The highest BCUT2D eigenvalue weighted by molar-refractivity contribution is 9.10. The molecule has 0 spiro atoms. The largest absolute Gasteiger partial charge is 0.493 e. The molecule has 1 saturated heterocycles. The van der Waals surface area contributed by atoms with Gasteiger partial charge >= 0.3 is 0 Å². The zero-order valence-electron chi connectivity index (χ0n) is 15.3. The van der Waals surface area contributed by atoms with E-state index < -0.39 is 10.0 Å². The number of piperazine rings is 1. The molecular formula is C20H23BrN2O3S. The number of fused-ring (bicyclic) bond motifs is 1. The van der Waals surface area contributed by atoms with Gasteiger partial charge in [0.05, 0.1) is 11.5 Å². The maximum atomic E-state index is 12.9. The van der Waals surface area contributed by atoms with Gasteiger partial charge in [0, 0.05) is 48.7 Å². The van der Waals surface area contributed by atoms with E-state index in [2.05, 4.69) is 26.9 Å². The van der Waals surface area contributed by atoms with Crippen molar-refractivity contribution in [2.24, 2.45) is 0 Å². The summed E-state index contributed by atoms with van der Waals surface area (Å²) in [5.74, 6) is 0.926. The first-order valence-corrected chi connectivity index (χ1v) is 11.4. The number of ether oxygens (including phenoxy) is 1. The lowest BCUT2D eigenvalue weighted by Gasteiger charge is -2.40. The number of aryl methyl sites for hydroxylation is 1. The topological polar surface area (TPSA) is 49.9 Å². The van der Waals surface area contributed by atoms with E-state index in [0.29, 0.717) is 24.6 Å². The summed E-state index contributed by atoms with van der Waals surface area (Å²) in [6.07, 6.45) is 0.930. The second kappa shape index (κ2) is 7.54. The van der Waals surface area contributed by atoms with E-state index in [0.717, 1.165) is 35.3 Å². The summed E-state index contributed by atoms with van der Waals surface area (Å²) in [6.45, 7) is 5.13. The molecule has 0 N–H and O–H groups in total. The maximum Gasteiger partial charge on any atom is 0.243 e. The first kappa shape index (κ1) is 18.9. The number of rotatable bonds is 3. The third kappa shape index (κ3) is 3.78. The Morgan fingerprint density at radius 2 is 1.74 bits per heavy atom.